The van der Waals surface area contributed by atoms with Crippen LogP contribution >= 0.6 is 0 Å². The van der Waals surface area contributed by atoms with Crippen molar-refractivity contribution in [1.82, 2.24) is 0 Å². The maximum absolute atomic E-state index is 10.8. The zero-order valence-electron chi connectivity index (χ0n) is 11.4. The Hall–Kier alpha value is -0.0700. The maximum atomic E-state index is 10.8. The summed E-state index contributed by atoms with van der Waals surface area (Å²) in [6.45, 7) is 7.68. The van der Waals surface area contributed by atoms with Gasteiger partial charge in [-0.25, -0.2) is 8.42 Å². The Balaban J connectivity index is 0.00000289. The van der Waals surface area contributed by atoms with Crippen LogP contribution in [0.1, 0.15) is 50.7 Å². The summed E-state index contributed by atoms with van der Waals surface area (Å²) in [5, 5.41) is 0. The van der Waals surface area contributed by atoms with E-state index in [1.807, 2.05) is 33.8 Å². The van der Waals surface area contributed by atoms with Crippen molar-refractivity contribution in [3.63, 3.8) is 0 Å². The van der Waals surface area contributed by atoms with Gasteiger partial charge in [0.1, 0.15) is 5.75 Å². The molecule has 0 aromatic heterocycles. The van der Waals surface area contributed by atoms with E-state index in [0.717, 1.165) is 11.1 Å². The molecular weight excluding hydrogens is 263 g/mol. The van der Waals surface area contributed by atoms with Crippen molar-refractivity contribution < 1.29 is 46.7 Å². The van der Waals surface area contributed by atoms with Gasteiger partial charge in [0.25, 0.3) is 10.4 Å². The minimum absolute atomic E-state index is 0. The van der Waals surface area contributed by atoms with Crippen molar-refractivity contribution in [2.45, 2.75) is 39.5 Å². The minimum Gasteiger partial charge on any atom is -0.716 e. The number of hydrogen-bond donors (Lipinski definition) is 0. The third-order valence-electron chi connectivity index (χ3n) is 2.51. The van der Waals surface area contributed by atoms with Crippen LogP contribution in [0.25, 0.3) is 0 Å². The molecule has 1 rings (SSSR count). The molecule has 18 heavy (non-hydrogen) atoms. The standard InChI is InChI=1S/C12H18O4S.Na/c1-8(2)10-6-5-7-11(9(3)4)12(10)16-17(13,14)15;/h5-9H,1-4H3,(H,13,14,15);/q;+1/p-1. The maximum Gasteiger partial charge on any atom is 1.00 e. The van der Waals surface area contributed by atoms with Gasteiger partial charge in [-0.1, -0.05) is 45.9 Å². The monoisotopic (exact) mass is 280 g/mol. The molecule has 1 aromatic carbocycles. The van der Waals surface area contributed by atoms with Gasteiger partial charge in [-0.05, 0) is 23.0 Å². The molecule has 0 aliphatic carbocycles. The molecule has 0 heterocycles. The average Bonchev–Trinajstić information content (AvgIpc) is 2.14. The molecule has 6 heteroatoms. The normalized spacial score (nSPS) is 11.5. The summed E-state index contributed by atoms with van der Waals surface area (Å²) in [6, 6.07) is 5.39. The molecular formula is C12H17NaO4S. The minimum atomic E-state index is -4.74. The third kappa shape index (κ3) is 4.90. The van der Waals surface area contributed by atoms with Crippen LogP contribution in [0.3, 0.4) is 0 Å². The van der Waals surface area contributed by atoms with E-state index in [1.165, 1.54) is 0 Å². The largest absolute Gasteiger partial charge is 1.00 e. The molecule has 0 N–H and O–H groups in total. The molecule has 0 amide bonds. The summed E-state index contributed by atoms with van der Waals surface area (Å²) in [6.07, 6.45) is 0. The molecule has 0 aliphatic heterocycles. The van der Waals surface area contributed by atoms with Crippen LogP contribution in [0.15, 0.2) is 18.2 Å². The van der Waals surface area contributed by atoms with Crippen molar-refractivity contribution in [2.24, 2.45) is 0 Å². The van der Waals surface area contributed by atoms with Gasteiger partial charge in [0, 0.05) is 0 Å². The van der Waals surface area contributed by atoms with Gasteiger partial charge in [0.2, 0.25) is 0 Å². The second-order valence-electron chi connectivity index (χ2n) is 4.57. The van der Waals surface area contributed by atoms with E-state index in [2.05, 4.69) is 4.18 Å². The van der Waals surface area contributed by atoms with Crippen molar-refractivity contribution in [2.75, 3.05) is 0 Å². The first kappa shape index (κ1) is 17.9. The zero-order valence-corrected chi connectivity index (χ0v) is 14.2. The van der Waals surface area contributed by atoms with Gasteiger partial charge in [-0.2, -0.15) is 0 Å². The van der Waals surface area contributed by atoms with E-state index in [0.29, 0.717) is 0 Å². The van der Waals surface area contributed by atoms with E-state index >= 15 is 0 Å². The fraction of sp³-hybridized carbons (Fsp3) is 0.500. The molecule has 0 saturated heterocycles. The smallest absolute Gasteiger partial charge is 0.716 e. The van der Waals surface area contributed by atoms with Crippen LogP contribution in [0.5, 0.6) is 5.75 Å². The van der Waals surface area contributed by atoms with Gasteiger partial charge >= 0.3 is 29.6 Å². The fourth-order valence-electron chi connectivity index (χ4n) is 1.68. The number of rotatable bonds is 4. The second-order valence-corrected chi connectivity index (χ2v) is 5.55. The SMILES string of the molecule is CC(C)c1cccc(C(C)C)c1OS(=O)(=O)[O-].[Na+]. The van der Waals surface area contributed by atoms with Crippen LogP contribution in [-0.4, -0.2) is 13.0 Å². The number of para-hydroxylation sites is 1. The van der Waals surface area contributed by atoms with Gasteiger partial charge in [0.15, 0.2) is 0 Å². The molecule has 0 radical (unpaired) electrons. The summed E-state index contributed by atoms with van der Waals surface area (Å²) in [7, 11) is -4.74. The average molecular weight is 280 g/mol. The Kier molecular flexibility index (Phi) is 6.89. The molecule has 0 bridgehead atoms. The van der Waals surface area contributed by atoms with Gasteiger partial charge in [0.05, 0.1) is 0 Å². The molecule has 0 spiro atoms. The number of benzene rings is 1. The summed E-state index contributed by atoms with van der Waals surface area (Å²) < 4.78 is 36.9. The van der Waals surface area contributed by atoms with Gasteiger partial charge in [-0.15, -0.1) is 0 Å². The summed E-state index contributed by atoms with van der Waals surface area (Å²) in [5.41, 5.74) is 1.46. The number of hydrogen-bond acceptors (Lipinski definition) is 4. The molecule has 4 nitrogen and oxygen atoms in total. The summed E-state index contributed by atoms with van der Waals surface area (Å²) in [5.74, 6) is 0.364. The van der Waals surface area contributed by atoms with E-state index in [9.17, 15) is 13.0 Å². The van der Waals surface area contributed by atoms with E-state index in [-0.39, 0.29) is 47.1 Å². The van der Waals surface area contributed by atoms with Gasteiger partial charge < -0.3 is 8.74 Å². The molecule has 0 fully saturated rings. The fourth-order valence-corrected chi connectivity index (χ4v) is 2.08. The van der Waals surface area contributed by atoms with Crippen LogP contribution in [0.2, 0.25) is 0 Å². The first-order valence-electron chi connectivity index (χ1n) is 5.50. The predicted molar refractivity (Wildman–Crippen MR) is 64.9 cm³/mol. The molecule has 0 unspecified atom stereocenters. The quantitative estimate of drug-likeness (QED) is 0.434. The Bertz CT molecular complexity index is 469. The van der Waals surface area contributed by atoms with Crippen LogP contribution in [0.4, 0.5) is 0 Å². The second kappa shape index (κ2) is 6.91. The molecule has 0 aliphatic rings. The van der Waals surface area contributed by atoms with Gasteiger partial charge in [-0.3, -0.25) is 0 Å². The topological polar surface area (TPSA) is 66.4 Å². The van der Waals surface area contributed by atoms with Crippen molar-refractivity contribution in [3.05, 3.63) is 29.3 Å². The van der Waals surface area contributed by atoms with Crippen LogP contribution in [0, 0.1) is 0 Å². The summed E-state index contributed by atoms with van der Waals surface area (Å²) in [4.78, 5) is 0. The Labute approximate surface area is 131 Å². The molecule has 96 valence electrons. The van der Waals surface area contributed by atoms with Crippen molar-refractivity contribution in [3.8, 4) is 5.75 Å². The van der Waals surface area contributed by atoms with E-state index < -0.39 is 10.4 Å². The molecule has 0 atom stereocenters. The first-order valence-corrected chi connectivity index (χ1v) is 6.83. The first-order chi connectivity index (χ1) is 7.72. The Morgan fingerprint density at radius 1 is 1.06 bits per heavy atom. The third-order valence-corrected chi connectivity index (χ3v) is 2.88. The zero-order chi connectivity index (χ0) is 13.2. The molecule has 1 aromatic rings. The van der Waals surface area contributed by atoms with E-state index in [1.54, 1.807) is 12.1 Å². The summed E-state index contributed by atoms with van der Waals surface area (Å²) >= 11 is 0. The predicted octanol–water partition coefficient (Wildman–Crippen LogP) is -0.224. The Morgan fingerprint density at radius 2 is 1.44 bits per heavy atom. The molecule has 0 saturated carbocycles. The van der Waals surface area contributed by atoms with Crippen molar-refractivity contribution in [1.29, 1.82) is 0 Å². The van der Waals surface area contributed by atoms with E-state index in [4.69, 9.17) is 0 Å². The van der Waals surface area contributed by atoms with Crippen molar-refractivity contribution >= 4 is 10.4 Å². The van der Waals surface area contributed by atoms with Crippen LogP contribution in [-0.2, 0) is 10.4 Å². The Morgan fingerprint density at radius 3 is 1.72 bits per heavy atom. The van der Waals surface area contributed by atoms with Crippen LogP contribution < -0.4 is 33.7 Å².